The van der Waals surface area contributed by atoms with Crippen LogP contribution < -0.4 is 5.14 Å². The summed E-state index contributed by atoms with van der Waals surface area (Å²) in [5.41, 5.74) is 0.905. The molecule has 0 saturated heterocycles. The summed E-state index contributed by atoms with van der Waals surface area (Å²) in [6, 6.07) is 13.6. The molecule has 2 N–H and O–H groups in total. The SMILES string of the molecule is Cc1ccc(C(=O)OCC(=O)N(Cc2ccccc2)C(C)(C)C)cc1S(N)(=O)=O. The smallest absolute Gasteiger partial charge is 0.338 e. The van der Waals surface area contributed by atoms with Gasteiger partial charge in [0.1, 0.15) is 0 Å². The van der Waals surface area contributed by atoms with Gasteiger partial charge in [-0.15, -0.1) is 0 Å². The number of nitrogens with zero attached hydrogens (tertiary/aromatic N) is 1. The fraction of sp³-hybridized carbons (Fsp3) is 0.333. The van der Waals surface area contributed by atoms with Crippen molar-refractivity contribution < 1.29 is 22.7 Å². The summed E-state index contributed by atoms with van der Waals surface area (Å²) in [6.07, 6.45) is 0. The molecular weight excluding hydrogens is 392 g/mol. The first-order valence-electron chi connectivity index (χ1n) is 9.04. The summed E-state index contributed by atoms with van der Waals surface area (Å²) in [5, 5.41) is 5.17. The second-order valence-electron chi connectivity index (χ2n) is 7.74. The van der Waals surface area contributed by atoms with Gasteiger partial charge in [-0.1, -0.05) is 36.4 Å². The lowest BCUT2D eigenvalue weighted by atomic mass is 10.0. The standard InChI is InChI=1S/C21H26N2O5S/c1-15-10-11-17(12-18(15)29(22,26)27)20(25)28-14-19(24)23(21(2,3)4)13-16-8-6-5-7-9-16/h5-12H,13-14H2,1-4H3,(H2,22,26,27). The first-order valence-corrected chi connectivity index (χ1v) is 10.6. The van der Waals surface area contributed by atoms with E-state index in [2.05, 4.69) is 0 Å². The maximum Gasteiger partial charge on any atom is 0.338 e. The Kier molecular flexibility index (Phi) is 6.81. The maximum atomic E-state index is 12.7. The molecule has 0 aliphatic heterocycles. The van der Waals surface area contributed by atoms with Crippen LogP contribution in [-0.2, 0) is 26.1 Å². The second kappa shape index (κ2) is 8.75. The molecule has 0 fully saturated rings. The van der Waals surface area contributed by atoms with Crippen LogP contribution in [0, 0.1) is 6.92 Å². The molecule has 2 rings (SSSR count). The highest BCUT2D eigenvalue weighted by molar-refractivity contribution is 7.89. The summed E-state index contributed by atoms with van der Waals surface area (Å²) >= 11 is 0. The lowest BCUT2D eigenvalue weighted by molar-refractivity contribution is -0.140. The number of nitrogens with two attached hydrogens (primary N) is 1. The zero-order chi connectivity index (χ0) is 21.8. The highest BCUT2D eigenvalue weighted by atomic mass is 32.2. The van der Waals surface area contributed by atoms with E-state index in [1.165, 1.54) is 12.1 Å². The van der Waals surface area contributed by atoms with Gasteiger partial charge in [-0.2, -0.15) is 0 Å². The number of primary sulfonamides is 1. The monoisotopic (exact) mass is 418 g/mol. The van der Waals surface area contributed by atoms with Crippen molar-refractivity contribution in [3.63, 3.8) is 0 Å². The first-order chi connectivity index (χ1) is 13.4. The van der Waals surface area contributed by atoms with Gasteiger partial charge in [0.25, 0.3) is 5.91 Å². The molecule has 0 unspecified atom stereocenters. The van der Waals surface area contributed by atoms with E-state index in [0.717, 1.165) is 11.6 Å². The Bertz CT molecular complexity index is 995. The van der Waals surface area contributed by atoms with Gasteiger partial charge < -0.3 is 9.64 Å². The molecular formula is C21H26N2O5S. The number of hydrogen-bond acceptors (Lipinski definition) is 5. The molecule has 8 heteroatoms. The molecule has 2 aromatic carbocycles. The largest absolute Gasteiger partial charge is 0.452 e. The highest BCUT2D eigenvalue weighted by Gasteiger charge is 2.27. The molecule has 29 heavy (non-hydrogen) atoms. The summed E-state index contributed by atoms with van der Waals surface area (Å²) in [6.45, 7) is 7.18. The number of sulfonamides is 1. The zero-order valence-corrected chi connectivity index (χ0v) is 17.8. The quantitative estimate of drug-likeness (QED) is 0.726. The fourth-order valence-corrected chi connectivity index (χ4v) is 3.60. The Morgan fingerprint density at radius 3 is 2.24 bits per heavy atom. The molecule has 2 aromatic rings. The van der Waals surface area contributed by atoms with Crippen LogP contribution in [0.15, 0.2) is 53.4 Å². The zero-order valence-electron chi connectivity index (χ0n) is 17.0. The molecule has 0 aliphatic rings. The van der Waals surface area contributed by atoms with Crippen LogP contribution in [0.3, 0.4) is 0 Å². The van der Waals surface area contributed by atoms with Crippen molar-refractivity contribution in [3.8, 4) is 0 Å². The van der Waals surface area contributed by atoms with Crippen molar-refractivity contribution in [2.45, 2.75) is 44.7 Å². The van der Waals surface area contributed by atoms with E-state index < -0.39 is 28.1 Å². The van der Waals surface area contributed by atoms with Crippen molar-refractivity contribution in [1.82, 2.24) is 4.90 Å². The second-order valence-corrected chi connectivity index (χ2v) is 9.27. The van der Waals surface area contributed by atoms with E-state index in [1.807, 2.05) is 51.1 Å². The predicted octanol–water partition coefficient (Wildman–Crippen LogP) is 2.63. The minimum Gasteiger partial charge on any atom is -0.452 e. The van der Waals surface area contributed by atoms with E-state index in [9.17, 15) is 18.0 Å². The topological polar surface area (TPSA) is 107 Å². The molecule has 1 amide bonds. The summed E-state index contributed by atoms with van der Waals surface area (Å²) < 4.78 is 28.4. The molecule has 156 valence electrons. The number of carbonyl (C=O) groups excluding carboxylic acids is 2. The number of benzene rings is 2. The molecule has 0 aromatic heterocycles. The van der Waals surface area contributed by atoms with Gasteiger partial charge in [-0.25, -0.2) is 18.4 Å². The van der Waals surface area contributed by atoms with Crippen LogP contribution >= 0.6 is 0 Å². The lowest BCUT2D eigenvalue weighted by Gasteiger charge is -2.35. The average molecular weight is 419 g/mol. The van der Waals surface area contributed by atoms with E-state index >= 15 is 0 Å². The Labute approximate surface area is 171 Å². The Hall–Kier alpha value is -2.71. The summed E-state index contributed by atoms with van der Waals surface area (Å²) in [5.74, 6) is -1.15. The molecule has 7 nitrogen and oxygen atoms in total. The van der Waals surface area contributed by atoms with Crippen molar-refractivity contribution in [1.29, 1.82) is 0 Å². The predicted molar refractivity (Wildman–Crippen MR) is 110 cm³/mol. The highest BCUT2D eigenvalue weighted by Crippen LogP contribution is 2.19. The van der Waals surface area contributed by atoms with E-state index in [1.54, 1.807) is 11.8 Å². The van der Waals surface area contributed by atoms with E-state index in [-0.39, 0.29) is 16.4 Å². The van der Waals surface area contributed by atoms with Gasteiger partial charge >= 0.3 is 5.97 Å². The third kappa shape index (κ3) is 6.13. The van der Waals surface area contributed by atoms with Crippen LogP contribution in [0.25, 0.3) is 0 Å². The van der Waals surface area contributed by atoms with Gasteiger partial charge in [-0.3, -0.25) is 4.79 Å². The molecule has 0 saturated carbocycles. The number of carbonyl (C=O) groups is 2. The maximum absolute atomic E-state index is 12.7. The van der Waals surface area contributed by atoms with E-state index in [4.69, 9.17) is 9.88 Å². The molecule has 0 heterocycles. The normalized spacial score (nSPS) is 11.8. The number of hydrogen-bond donors (Lipinski definition) is 1. The first kappa shape index (κ1) is 22.6. The summed E-state index contributed by atoms with van der Waals surface area (Å²) in [4.78, 5) is 26.6. The molecule has 0 aliphatic carbocycles. The van der Waals surface area contributed by atoms with E-state index in [0.29, 0.717) is 12.1 Å². The van der Waals surface area contributed by atoms with Crippen LogP contribution in [0.5, 0.6) is 0 Å². The molecule has 0 spiro atoms. The Morgan fingerprint density at radius 1 is 1.07 bits per heavy atom. The minimum atomic E-state index is -3.97. The summed E-state index contributed by atoms with van der Waals surface area (Å²) in [7, 11) is -3.97. The van der Waals surface area contributed by atoms with Gasteiger partial charge in [0.05, 0.1) is 10.5 Å². The van der Waals surface area contributed by atoms with Gasteiger partial charge in [-0.05, 0) is 51.0 Å². The number of rotatable bonds is 6. The van der Waals surface area contributed by atoms with Gasteiger partial charge in [0, 0.05) is 12.1 Å². The van der Waals surface area contributed by atoms with Crippen LogP contribution in [-0.4, -0.2) is 37.3 Å². The minimum absolute atomic E-state index is 0.0118. The molecule has 0 bridgehead atoms. The number of amides is 1. The Morgan fingerprint density at radius 2 is 1.69 bits per heavy atom. The van der Waals surface area contributed by atoms with Crippen molar-refractivity contribution >= 4 is 21.9 Å². The third-order valence-electron chi connectivity index (χ3n) is 4.35. The number of ether oxygens (including phenoxy) is 1. The van der Waals surface area contributed by atoms with Gasteiger partial charge in [0.2, 0.25) is 10.0 Å². The van der Waals surface area contributed by atoms with Crippen LogP contribution in [0.2, 0.25) is 0 Å². The van der Waals surface area contributed by atoms with Crippen molar-refractivity contribution in [2.24, 2.45) is 5.14 Å². The van der Waals surface area contributed by atoms with Crippen molar-refractivity contribution in [3.05, 3.63) is 65.2 Å². The Balaban J connectivity index is 2.12. The molecule has 0 atom stereocenters. The number of aryl methyl sites for hydroxylation is 1. The van der Waals surface area contributed by atoms with Crippen LogP contribution in [0.1, 0.15) is 42.3 Å². The van der Waals surface area contributed by atoms with Crippen molar-refractivity contribution in [2.75, 3.05) is 6.61 Å². The molecule has 0 radical (unpaired) electrons. The lowest BCUT2D eigenvalue weighted by Crippen LogP contribution is -2.46. The average Bonchev–Trinajstić information content (AvgIpc) is 2.63. The third-order valence-corrected chi connectivity index (χ3v) is 5.40. The van der Waals surface area contributed by atoms with Crippen LogP contribution in [0.4, 0.5) is 0 Å². The van der Waals surface area contributed by atoms with Gasteiger partial charge in [0.15, 0.2) is 6.61 Å². The number of esters is 1. The fourth-order valence-electron chi connectivity index (χ4n) is 2.79.